The lowest BCUT2D eigenvalue weighted by molar-refractivity contribution is 0.147. The fourth-order valence-corrected chi connectivity index (χ4v) is 2.28. The molecule has 0 spiro atoms. The maximum absolute atomic E-state index is 5.92. The number of hydrogen-bond acceptors (Lipinski definition) is 5. The van der Waals surface area contributed by atoms with E-state index in [0.717, 1.165) is 27.7 Å². The Balaban J connectivity index is 2.06. The van der Waals surface area contributed by atoms with Crippen molar-refractivity contribution < 1.29 is 9.47 Å². The Morgan fingerprint density at radius 3 is 2.82 bits per heavy atom. The number of benzene rings is 1. The smallest absolute Gasteiger partial charge is 0.156 e. The molecule has 1 aromatic carbocycles. The van der Waals surface area contributed by atoms with Gasteiger partial charge < -0.3 is 15.2 Å². The summed E-state index contributed by atoms with van der Waals surface area (Å²) in [6.07, 6.45) is 1.84. The third-order valence-electron chi connectivity index (χ3n) is 3.41. The Bertz CT molecular complexity index is 781. The molecule has 3 N–H and O–H groups in total. The number of aryl methyl sites for hydroxylation is 1. The number of nitrogens with one attached hydrogen (secondary N) is 1. The van der Waals surface area contributed by atoms with Crippen molar-refractivity contribution in [1.82, 2.24) is 15.2 Å². The van der Waals surface area contributed by atoms with Crippen LogP contribution in [-0.2, 0) is 4.74 Å². The molecule has 0 bridgehead atoms. The van der Waals surface area contributed by atoms with Crippen LogP contribution in [0.25, 0.3) is 22.2 Å². The zero-order chi connectivity index (χ0) is 15.5. The first-order valence-corrected chi connectivity index (χ1v) is 7.01. The van der Waals surface area contributed by atoms with E-state index in [9.17, 15) is 0 Å². The van der Waals surface area contributed by atoms with Crippen LogP contribution >= 0.6 is 0 Å². The molecule has 0 atom stereocenters. The van der Waals surface area contributed by atoms with Crippen LogP contribution in [-0.4, -0.2) is 35.5 Å². The molecule has 0 fully saturated rings. The first-order valence-electron chi connectivity index (χ1n) is 7.01. The molecule has 0 aliphatic carbocycles. The molecule has 6 heteroatoms. The Labute approximate surface area is 128 Å². The maximum Gasteiger partial charge on any atom is 0.156 e. The minimum atomic E-state index is 0.422. The molecule has 2 heterocycles. The standard InChI is InChI=1S/C16H18N4O2/c1-10-3-4-12(18-9-10)11-7-13-15(16(17)20-19-13)14(8-11)22-6-5-21-2/h3-4,7-9H,5-6H2,1-2H3,(H3,17,19,20). The fraction of sp³-hybridized carbons (Fsp3) is 0.250. The third-order valence-corrected chi connectivity index (χ3v) is 3.41. The van der Waals surface area contributed by atoms with Gasteiger partial charge in [0.1, 0.15) is 12.4 Å². The average molecular weight is 298 g/mol. The molecule has 0 radical (unpaired) electrons. The molecule has 0 aliphatic rings. The van der Waals surface area contributed by atoms with Crippen LogP contribution in [0, 0.1) is 6.92 Å². The number of nitrogen functional groups attached to an aromatic ring is 1. The number of rotatable bonds is 5. The summed E-state index contributed by atoms with van der Waals surface area (Å²) < 4.78 is 10.8. The lowest BCUT2D eigenvalue weighted by Gasteiger charge is -2.10. The highest BCUT2D eigenvalue weighted by Crippen LogP contribution is 2.34. The van der Waals surface area contributed by atoms with Gasteiger partial charge in [-0.25, -0.2) is 0 Å². The van der Waals surface area contributed by atoms with E-state index in [0.29, 0.717) is 24.8 Å². The van der Waals surface area contributed by atoms with E-state index in [1.165, 1.54) is 0 Å². The molecule has 3 aromatic rings. The van der Waals surface area contributed by atoms with Crippen molar-refractivity contribution in [2.24, 2.45) is 0 Å². The summed E-state index contributed by atoms with van der Waals surface area (Å²) in [5.41, 5.74) is 9.68. The van der Waals surface area contributed by atoms with Crippen molar-refractivity contribution in [2.75, 3.05) is 26.1 Å². The number of fused-ring (bicyclic) bond motifs is 1. The van der Waals surface area contributed by atoms with Crippen molar-refractivity contribution in [2.45, 2.75) is 6.92 Å². The van der Waals surface area contributed by atoms with E-state index >= 15 is 0 Å². The van der Waals surface area contributed by atoms with E-state index < -0.39 is 0 Å². The number of methoxy groups -OCH3 is 1. The number of hydrogen-bond donors (Lipinski definition) is 2. The normalized spacial score (nSPS) is 11.0. The zero-order valence-corrected chi connectivity index (χ0v) is 12.6. The monoisotopic (exact) mass is 298 g/mol. The number of nitrogens with zero attached hydrogens (tertiary/aromatic N) is 2. The molecule has 22 heavy (non-hydrogen) atoms. The SMILES string of the molecule is COCCOc1cc(-c2ccc(C)cn2)cc2[nH]nc(N)c12. The van der Waals surface area contributed by atoms with Crippen LogP contribution in [0.3, 0.4) is 0 Å². The van der Waals surface area contributed by atoms with Gasteiger partial charge >= 0.3 is 0 Å². The van der Waals surface area contributed by atoms with Gasteiger partial charge in [-0.3, -0.25) is 10.1 Å². The van der Waals surface area contributed by atoms with Crippen LogP contribution in [0.1, 0.15) is 5.56 Å². The van der Waals surface area contributed by atoms with Crippen molar-refractivity contribution in [1.29, 1.82) is 0 Å². The molecular weight excluding hydrogens is 280 g/mol. The second kappa shape index (κ2) is 6.03. The first-order chi connectivity index (χ1) is 10.7. The first kappa shape index (κ1) is 14.3. The summed E-state index contributed by atoms with van der Waals surface area (Å²) in [6.45, 7) is 2.96. The molecule has 2 aromatic heterocycles. The van der Waals surface area contributed by atoms with Crippen molar-refractivity contribution in [3.63, 3.8) is 0 Å². The largest absolute Gasteiger partial charge is 0.490 e. The fourth-order valence-electron chi connectivity index (χ4n) is 2.28. The van der Waals surface area contributed by atoms with Crippen LogP contribution in [0.5, 0.6) is 5.75 Å². The van der Waals surface area contributed by atoms with Gasteiger partial charge in [-0.05, 0) is 30.7 Å². The van der Waals surface area contributed by atoms with Gasteiger partial charge in [-0.1, -0.05) is 6.07 Å². The summed E-state index contributed by atoms with van der Waals surface area (Å²) in [5.74, 6) is 1.10. The molecule has 0 saturated carbocycles. The highest BCUT2D eigenvalue weighted by Gasteiger charge is 2.13. The lowest BCUT2D eigenvalue weighted by atomic mass is 10.1. The molecule has 0 amide bonds. The quantitative estimate of drug-likeness (QED) is 0.707. The Morgan fingerprint density at radius 2 is 2.09 bits per heavy atom. The summed E-state index contributed by atoms with van der Waals surface area (Å²) in [7, 11) is 1.64. The van der Waals surface area contributed by atoms with E-state index in [4.69, 9.17) is 15.2 Å². The van der Waals surface area contributed by atoms with Gasteiger partial charge in [0.2, 0.25) is 0 Å². The van der Waals surface area contributed by atoms with Gasteiger partial charge in [0.05, 0.1) is 23.2 Å². The highest BCUT2D eigenvalue weighted by molar-refractivity contribution is 5.97. The number of pyridine rings is 1. The molecule has 0 saturated heterocycles. The average Bonchev–Trinajstić information content (AvgIpc) is 2.90. The number of nitrogens with two attached hydrogens (primary N) is 1. The minimum Gasteiger partial charge on any atom is -0.490 e. The third kappa shape index (κ3) is 2.73. The van der Waals surface area contributed by atoms with Gasteiger partial charge in [0.25, 0.3) is 0 Å². The van der Waals surface area contributed by atoms with E-state index in [-0.39, 0.29) is 0 Å². The van der Waals surface area contributed by atoms with Crippen LogP contribution < -0.4 is 10.5 Å². The second-order valence-corrected chi connectivity index (χ2v) is 5.07. The number of ether oxygens (including phenoxy) is 2. The predicted molar refractivity (Wildman–Crippen MR) is 85.8 cm³/mol. The Kier molecular flexibility index (Phi) is 3.93. The summed E-state index contributed by atoms with van der Waals surface area (Å²) in [6, 6.07) is 7.91. The van der Waals surface area contributed by atoms with Gasteiger partial charge in [-0.2, -0.15) is 5.10 Å². The summed E-state index contributed by atoms with van der Waals surface area (Å²) in [4.78, 5) is 4.45. The second-order valence-electron chi connectivity index (χ2n) is 5.07. The molecule has 0 aliphatic heterocycles. The van der Waals surface area contributed by atoms with Gasteiger partial charge in [0.15, 0.2) is 5.82 Å². The van der Waals surface area contributed by atoms with Gasteiger partial charge in [-0.15, -0.1) is 0 Å². The molecule has 3 rings (SSSR count). The summed E-state index contributed by atoms with van der Waals surface area (Å²) >= 11 is 0. The van der Waals surface area contributed by atoms with Crippen LogP contribution in [0.15, 0.2) is 30.5 Å². The minimum absolute atomic E-state index is 0.422. The van der Waals surface area contributed by atoms with E-state index in [1.54, 1.807) is 7.11 Å². The number of aromatic nitrogens is 3. The Morgan fingerprint density at radius 1 is 1.23 bits per heavy atom. The van der Waals surface area contributed by atoms with Crippen molar-refractivity contribution >= 4 is 16.7 Å². The maximum atomic E-state index is 5.92. The predicted octanol–water partition coefficient (Wildman–Crippen LogP) is 2.54. The number of anilines is 1. The molecule has 6 nitrogen and oxygen atoms in total. The molecule has 0 unspecified atom stereocenters. The van der Waals surface area contributed by atoms with Crippen LogP contribution in [0.4, 0.5) is 5.82 Å². The van der Waals surface area contributed by atoms with Gasteiger partial charge in [0, 0.05) is 18.9 Å². The topological polar surface area (TPSA) is 86.0 Å². The lowest BCUT2D eigenvalue weighted by Crippen LogP contribution is -2.05. The Hall–Kier alpha value is -2.60. The van der Waals surface area contributed by atoms with Crippen LogP contribution in [0.2, 0.25) is 0 Å². The molecular formula is C16H18N4O2. The highest BCUT2D eigenvalue weighted by atomic mass is 16.5. The number of aromatic amines is 1. The molecule has 114 valence electrons. The van der Waals surface area contributed by atoms with Crippen molar-refractivity contribution in [3.05, 3.63) is 36.0 Å². The summed E-state index contributed by atoms with van der Waals surface area (Å²) in [5, 5.41) is 7.77. The van der Waals surface area contributed by atoms with E-state index in [2.05, 4.69) is 15.2 Å². The number of H-pyrrole nitrogens is 1. The van der Waals surface area contributed by atoms with Crippen molar-refractivity contribution in [3.8, 4) is 17.0 Å². The zero-order valence-electron chi connectivity index (χ0n) is 12.6. The van der Waals surface area contributed by atoms with E-state index in [1.807, 2.05) is 37.4 Å².